The molecule has 0 fully saturated rings. The van der Waals surface area contributed by atoms with E-state index in [0.29, 0.717) is 0 Å². The van der Waals surface area contributed by atoms with E-state index in [0.717, 1.165) is 72.4 Å². The SMILES string of the molecule is c1ccc(-c2ccc(N(c3ccc(-c4ccccc4)c(-c4ccccc4)c3)c3ccc(-c4cccc5c4oc4ccccc45)c(-c4ccccc4)c3)cc2-c2ccccc2)cc1. The fourth-order valence-corrected chi connectivity index (χ4v) is 8.96. The Hall–Kier alpha value is -8.20. The molecule has 0 aliphatic rings. The summed E-state index contributed by atoms with van der Waals surface area (Å²) in [5.74, 6) is 0. The highest BCUT2D eigenvalue weighted by Crippen LogP contribution is 2.47. The Kier molecular flexibility index (Phi) is 9.57. The number of hydrogen-bond donors (Lipinski definition) is 0. The lowest BCUT2D eigenvalue weighted by Crippen LogP contribution is -2.11. The van der Waals surface area contributed by atoms with E-state index in [1.165, 1.54) is 33.4 Å². The van der Waals surface area contributed by atoms with E-state index >= 15 is 0 Å². The minimum Gasteiger partial charge on any atom is -0.455 e. The molecular formula is C60H41NO. The third-order valence-electron chi connectivity index (χ3n) is 11.9. The van der Waals surface area contributed by atoms with Gasteiger partial charge in [-0.05, 0) is 104 Å². The molecule has 11 rings (SSSR count). The summed E-state index contributed by atoms with van der Waals surface area (Å²) in [6.07, 6.45) is 0. The number of rotatable bonds is 9. The van der Waals surface area contributed by atoms with Crippen molar-refractivity contribution in [3.05, 3.63) is 249 Å². The Morgan fingerprint density at radius 1 is 0.242 bits per heavy atom. The summed E-state index contributed by atoms with van der Waals surface area (Å²) in [5, 5.41) is 2.23. The summed E-state index contributed by atoms with van der Waals surface area (Å²) in [6, 6.07) is 89.1. The van der Waals surface area contributed by atoms with E-state index < -0.39 is 0 Å². The van der Waals surface area contributed by atoms with E-state index in [9.17, 15) is 0 Å². The molecule has 1 aromatic heterocycles. The van der Waals surface area contributed by atoms with E-state index in [1.54, 1.807) is 0 Å². The Bertz CT molecular complexity index is 3190. The van der Waals surface area contributed by atoms with E-state index in [2.05, 4.69) is 248 Å². The molecule has 0 aliphatic heterocycles. The second kappa shape index (κ2) is 16.1. The zero-order valence-corrected chi connectivity index (χ0v) is 34.0. The summed E-state index contributed by atoms with van der Waals surface area (Å²) in [5.41, 5.74) is 18.7. The van der Waals surface area contributed by atoms with Crippen LogP contribution in [0.25, 0.3) is 88.7 Å². The lowest BCUT2D eigenvalue weighted by atomic mass is 9.91. The van der Waals surface area contributed by atoms with Crippen molar-refractivity contribution in [2.24, 2.45) is 0 Å². The topological polar surface area (TPSA) is 16.4 Å². The first-order valence-corrected chi connectivity index (χ1v) is 21.2. The predicted octanol–water partition coefficient (Wildman–Crippen LogP) is 17.1. The van der Waals surface area contributed by atoms with E-state index in [1.807, 2.05) is 6.07 Å². The summed E-state index contributed by atoms with van der Waals surface area (Å²) >= 11 is 0. The number of hydrogen-bond acceptors (Lipinski definition) is 2. The van der Waals surface area contributed by atoms with Gasteiger partial charge in [-0.1, -0.05) is 206 Å². The van der Waals surface area contributed by atoms with Gasteiger partial charge in [0, 0.05) is 33.4 Å². The highest BCUT2D eigenvalue weighted by atomic mass is 16.3. The molecule has 1 heterocycles. The lowest BCUT2D eigenvalue weighted by molar-refractivity contribution is 0.670. The van der Waals surface area contributed by atoms with E-state index in [-0.39, 0.29) is 0 Å². The maximum atomic E-state index is 6.64. The predicted molar refractivity (Wildman–Crippen MR) is 261 cm³/mol. The summed E-state index contributed by atoms with van der Waals surface area (Å²) in [6.45, 7) is 0. The fourth-order valence-electron chi connectivity index (χ4n) is 8.96. The quantitative estimate of drug-likeness (QED) is 0.145. The van der Waals surface area contributed by atoms with Crippen LogP contribution >= 0.6 is 0 Å². The second-order valence-electron chi connectivity index (χ2n) is 15.6. The second-order valence-corrected chi connectivity index (χ2v) is 15.6. The Balaban J connectivity index is 1.17. The number of benzene rings is 10. The highest BCUT2D eigenvalue weighted by molar-refractivity contribution is 6.11. The molecule has 0 saturated heterocycles. The van der Waals surface area contributed by atoms with Crippen molar-refractivity contribution in [3.63, 3.8) is 0 Å². The van der Waals surface area contributed by atoms with Crippen LogP contribution in [0.4, 0.5) is 17.1 Å². The molecule has 0 amide bonds. The normalized spacial score (nSPS) is 11.2. The van der Waals surface area contributed by atoms with Crippen molar-refractivity contribution in [1.29, 1.82) is 0 Å². The Labute approximate surface area is 362 Å². The Morgan fingerprint density at radius 2 is 0.597 bits per heavy atom. The minimum absolute atomic E-state index is 0.889. The van der Waals surface area contributed by atoms with Gasteiger partial charge in [0.2, 0.25) is 0 Å². The van der Waals surface area contributed by atoms with Crippen LogP contribution < -0.4 is 4.90 Å². The number of para-hydroxylation sites is 2. The van der Waals surface area contributed by atoms with Crippen LogP contribution in [0, 0.1) is 0 Å². The smallest absolute Gasteiger partial charge is 0.143 e. The van der Waals surface area contributed by atoms with E-state index in [4.69, 9.17) is 4.42 Å². The van der Waals surface area contributed by atoms with Crippen LogP contribution in [-0.2, 0) is 0 Å². The molecule has 0 spiro atoms. The first-order chi connectivity index (χ1) is 30.8. The minimum atomic E-state index is 0.889. The molecule has 2 nitrogen and oxygen atoms in total. The average molecular weight is 792 g/mol. The van der Waals surface area contributed by atoms with Crippen LogP contribution in [-0.4, -0.2) is 0 Å². The first kappa shape index (κ1) is 36.8. The number of furan rings is 1. The number of nitrogens with zero attached hydrogens (tertiary/aromatic N) is 1. The zero-order valence-electron chi connectivity index (χ0n) is 34.0. The summed E-state index contributed by atoms with van der Waals surface area (Å²) < 4.78 is 6.64. The fraction of sp³-hybridized carbons (Fsp3) is 0. The standard InChI is InChI=1S/C60H41NO/c1-6-19-42(20-7-1)50-36-33-47(39-56(50)44-23-10-3-11-24-44)61(48-34-37-51(43-21-8-2-9-22-43)57(40-48)45-25-12-4-13-26-45)49-35-38-52(58(41-49)46-27-14-5-15-28-46)54-30-18-31-55-53-29-16-17-32-59(53)62-60(54)55/h1-41H. The molecule has 0 bridgehead atoms. The van der Waals surface area contributed by atoms with Gasteiger partial charge in [0.15, 0.2) is 0 Å². The Morgan fingerprint density at radius 3 is 1.05 bits per heavy atom. The van der Waals surface area contributed by atoms with Crippen LogP contribution in [0.5, 0.6) is 0 Å². The van der Waals surface area contributed by atoms with Crippen LogP contribution in [0.3, 0.4) is 0 Å². The molecule has 0 unspecified atom stereocenters. The van der Waals surface area contributed by atoms with Crippen LogP contribution in [0.1, 0.15) is 0 Å². The molecule has 0 saturated carbocycles. The monoisotopic (exact) mass is 791 g/mol. The van der Waals surface area contributed by atoms with Gasteiger partial charge in [-0.3, -0.25) is 0 Å². The van der Waals surface area contributed by atoms with Gasteiger partial charge in [-0.25, -0.2) is 0 Å². The lowest BCUT2D eigenvalue weighted by Gasteiger charge is -2.29. The average Bonchev–Trinajstić information content (AvgIpc) is 3.75. The zero-order chi connectivity index (χ0) is 41.2. The van der Waals surface area contributed by atoms with Crippen molar-refractivity contribution in [2.75, 3.05) is 4.90 Å². The maximum Gasteiger partial charge on any atom is 0.143 e. The van der Waals surface area contributed by atoms with Crippen molar-refractivity contribution in [3.8, 4) is 66.8 Å². The van der Waals surface area contributed by atoms with Crippen molar-refractivity contribution in [2.45, 2.75) is 0 Å². The third-order valence-corrected chi connectivity index (χ3v) is 11.9. The summed E-state index contributed by atoms with van der Waals surface area (Å²) in [7, 11) is 0. The molecule has 10 aromatic carbocycles. The largest absolute Gasteiger partial charge is 0.455 e. The van der Waals surface area contributed by atoms with Gasteiger partial charge in [0.1, 0.15) is 11.2 Å². The molecular weight excluding hydrogens is 751 g/mol. The van der Waals surface area contributed by atoms with Gasteiger partial charge < -0.3 is 9.32 Å². The van der Waals surface area contributed by atoms with Crippen molar-refractivity contribution in [1.82, 2.24) is 0 Å². The van der Waals surface area contributed by atoms with Gasteiger partial charge in [0.25, 0.3) is 0 Å². The maximum absolute atomic E-state index is 6.64. The first-order valence-electron chi connectivity index (χ1n) is 21.2. The highest BCUT2D eigenvalue weighted by Gasteiger charge is 2.22. The molecule has 0 radical (unpaired) electrons. The molecule has 0 atom stereocenters. The molecule has 0 N–H and O–H groups in total. The molecule has 62 heavy (non-hydrogen) atoms. The van der Waals surface area contributed by atoms with Gasteiger partial charge >= 0.3 is 0 Å². The van der Waals surface area contributed by atoms with Gasteiger partial charge in [0.05, 0.1) is 0 Å². The van der Waals surface area contributed by atoms with Crippen LogP contribution in [0.15, 0.2) is 253 Å². The molecule has 11 aromatic rings. The van der Waals surface area contributed by atoms with Gasteiger partial charge in [-0.2, -0.15) is 0 Å². The molecule has 2 heteroatoms. The number of fused-ring (bicyclic) bond motifs is 3. The summed E-state index contributed by atoms with van der Waals surface area (Å²) in [4.78, 5) is 2.42. The van der Waals surface area contributed by atoms with Crippen LogP contribution in [0.2, 0.25) is 0 Å². The third kappa shape index (κ3) is 6.84. The van der Waals surface area contributed by atoms with Crippen molar-refractivity contribution >= 4 is 39.0 Å². The van der Waals surface area contributed by atoms with Gasteiger partial charge in [-0.15, -0.1) is 0 Å². The molecule has 0 aliphatic carbocycles. The molecule has 292 valence electrons. The number of anilines is 3. The van der Waals surface area contributed by atoms with Crippen molar-refractivity contribution < 1.29 is 4.42 Å².